The maximum atomic E-state index is 8.25. The molecule has 3 nitrogen and oxygen atoms in total. The fraction of sp³-hybridized carbons (Fsp3) is 0.800. The van der Waals surface area contributed by atoms with Crippen LogP contribution in [0.15, 0.2) is 4.99 Å². The average Bonchev–Trinajstić information content (AvgIpc) is 1.83. The minimum atomic E-state index is 0. The summed E-state index contributed by atoms with van der Waals surface area (Å²) in [4.78, 5) is 3.81. The molecular weight excluding hydrogens is 140 g/mol. The van der Waals surface area contributed by atoms with Gasteiger partial charge in [0, 0.05) is 6.42 Å². The lowest BCUT2D eigenvalue weighted by atomic mass is 10.4. The standard InChI is InChI=1S/C5H12N2O.ClH/c1-2-5(6)7-3-4-8;/h8H,2-4H2,1H3,(H2,6,7);1H. The minimum Gasteiger partial charge on any atom is -0.394 e. The van der Waals surface area contributed by atoms with E-state index in [1.165, 1.54) is 0 Å². The third kappa shape index (κ3) is 7.72. The molecule has 0 aromatic heterocycles. The van der Waals surface area contributed by atoms with E-state index in [-0.39, 0.29) is 19.0 Å². The molecule has 56 valence electrons. The summed E-state index contributed by atoms with van der Waals surface area (Å²) in [5.41, 5.74) is 5.30. The van der Waals surface area contributed by atoms with Crippen molar-refractivity contribution >= 4 is 18.2 Å². The second-order valence-electron chi connectivity index (χ2n) is 1.45. The van der Waals surface area contributed by atoms with Crippen LogP contribution in [0.25, 0.3) is 0 Å². The molecule has 0 amide bonds. The highest BCUT2D eigenvalue weighted by Crippen LogP contribution is 1.75. The van der Waals surface area contributed by atoms with E-state index in [9.17, 15) is 0 Å². The zero-order valence-corrected chi connectivity index (χ0v) is 6.32. The summed E-state index contributed by atoms with van der Waals surface area (Å²) >= 11 is 0. The summed E-state index contributed by atoms with van der Waals surface area (Å²) in [5.74, 6) is 0.610. The Morgan fingerprint density at radius 3 is 2.56 bits per heavy atom. The number of aliphatic hydroxyl groups is 1. The van der Waals surface area contributed by atoms with E-state index >= 15 is 0 Å². The van der Waals surface area contributed by atoms with E-state index < -0.39 is 0 Å². The second-order valence-corrected chi connectivity index (χ2v) is 1.45. The van der Waals surface area contributed by atoms with Gasteiger partial charge in [0.1, 0.15) is 0 Å². The Bertz CT molecular complexity index is 85.0. The van der Waals surface area contributed by atoms with E-state index in [4.69, 9.17) is 10.8 Å². The van der Waals surface area contributed by atoms with Gasteiger partial charge >= 0.3 is 0 Å². The zero-order valence-electron chi connectivity index (χ0n) is 5.50. The molecule has 4 heteroatoms. The number of aliphatic hydroxyl groups excluding tert-OH is 1. The molecule has 0 saturated heterocycles. The van der Waals surface area contributed by atoms with Gasteiger partial charge in [-0.1, -0.05) is 6.92 Å². The molecule has 0 aromatic rings. The lowest BCUT2D eigenvalue weighted by Gasteiger charge is -1.91. The molecule has 0 saturated carbocycles. The lowest BCUT2D eigenvalue weighted by molar-refractivity contribution is 0.307. The molecule has 0 aliphatic carbocycles. The quantitative estimate of drug-likeness (QED) is 0.448. The lowest BCUT2D eigenvalue weighted by Crippen LogP contribution is -2.10. The SMILES string of the molecule is CCC(N)=NCCO.Cl. The van der Waals surface area contributed by atoms with Crippen molar-refractivity contribution in [1.29, 1.82) is 0 Å². The van der Waals surface area contributed by atoms with Crippen LogP contribution < -0.4 is 5.73 Å². The first kappa shape index (κ1) is 11.5. The van der Waals surface area contributed by atoms with Crippen molar-refractivity contribution < 1.29 is 5.11 Å². The Morgan fingerprint density at radius 1 is 1.67 bits per heavy atom. The number of hydrogen-bond acceptors (Lipinski definition) is 2. The monoisotopic (exact) mass is 152 g/mol. The second kappa shape index (κ2) is 7.72. The normalized spacial score (nSPS) is 10.7. The third-order valence-electron chi connectivity index (χ3n) is 0.777. The number of nitrogens with two attached hydrogens (primary N) is 1. The van der Waals surface area contributed by atoms with Crippen LogP contribution >= 0.6 is 12.4 Å². The van der Waals surface area contributed by atoms with Crippen LogP contribution in [0.4, 0.5) is 0 Å². The van der Waals surface area contributed by atoms with Gasteiger partial charge in [-0.15, -0.1) is 12.4 Å². The molecule has 0 aromatic carbocycles. The van der Waals surface area contributed by atoms with E-state index in [0.29, 0.717) is 12.4 Å². The van der Waals surface area contributed by atoms with Crippen molar-refractivity contribution in [3.63, 3.8) is 0 Å². The molecule has 0 spiro atoms. The smallest absolute Gasteiger partial charge is 0.0935 e. The highest BCUT2D eigenvalue weighted by Gasteiger charge is 1.81. The Labute approximate surface area is 61.4 Å². The largest absolute Gasteiger partial charge is 0.394 e. The van der Waals surface area contributed by atoms with E-state index in [1.807, 2.05) is 6.92 Å². The number of nitrogens with zero attached hydrogens (tertiary/aromatic N) is 1. The molecule has 3 N–H and O–H groups in total. The first-order valence-corrected chi connectivity index (χ1v) is 2.71. The predicted octanol–water partition coefficient (Wildman–Crippen LogP) is 0.168. The van der Waals surface area contributed by atoms with Crippen LogP contribution in [-0.2, 0) is 0 Å². The Kier molecular flexibility index (Phi) is 9.87. The number of amidine groups is 1. The zero-order chi connectivity index (χ0) is 6.41. The Morgan fingerprint density at radius 2 is 2.22 bits per heavy atom. The van der Waals surface area contributed by atoms with Crippen molar-refractivity contribution in [2.75, 3.05) is 13.2 Å². The van der Waals surface area contributed by atoms with Crippen molar-refractivity contribution in [3.8, 4) is 0 Å². The van der Waals surface area contributed by atoms with Gasteiger partial charge in [0.15, 0.2) is 0 Å². The van der Waals surface area contributed by atoms with Crippen LogP contribution in [-0.4, -0.2) is 24.1 Å². The fourth-order valence-corrected chi connectivity index (χ4v) is 0.305. The predicted molar refractivity (Wildman–Crippen MR) is 41.1 cm³/mol. The molecule has 0 bridgehead atoms. The highest BCUT2D eigenvalue weighted by molar-refractivity contribution is 5.85. The molecular formula is C5H13ClN2O. The van der Waals surface area contributed by atoms with Gasteiger partial charge in [-0.2, -0.15) is 0 Å². The van der Waals surface area contributed by atoms with Crippen molar-refractivity contribution in [2.24, 2.45) is 10.7 Å². The van der Waals surface area contributed by atoms with Gasteiger partial charge < -0.3 is 10.8 Å². The van der Waals surface area contributed by atoms with Crippen LogP contribution in [0.1, 0.15) is 13.3 Å². The molecule has 9 heavy (non-hydrogen) atoms. The average molecular weight is 153 g/mol. The van der Waals surface area contributed by atoms with E-state index in [2.05, 4.69) is 4.99 Å². The van der Waals surface area contributed by atoms with Crippen LogP contribution in [0, 0.1) is 0 Å². The van der Waals surface area contributed by atoms with Gasteiger partial charge in [-0.05, 0) is 0 Å². The molecule has 0 aliphatic rings. The van der Waals surface area contributed by atoms with Crippen LogP contribution in [0.3, 0.4) is 0 Å². The number of hydrogen-bond donors (Lipinski definition) is 2. The summed E-state index contributed by atoms with van der Waals surface area (Å²) in [6.07, 6.45) is 0.764. The Balaban J connectivity index is 0. The maximum Gasteiger partial charge on any atom is 0.0935 e. The van der Waals surface area contributed by atoms with Gasteiger partial charge in [-0.25, -0.2) is 0 Å². The molecule has 0 atom stereocenters. The molecule has 0 unspecified atom stereocenters. The number of aliphatic imine (C=N–C) groups is 1. The summed E-state index contributed by atoms with van der Waals surface area (Å²) in [6.45, 7) is 2.44. The molecule has 0 fully saturated rings. The van der Waals surface area contributed by atoms with Crippen molar-refractivity contribution in [2.45, 2.75) is 13.3 Å². The topological polar surface area (TPSA) is 58.6 Å². The highest BCUT2D eigenvalue weighted by atomic mass is 35.5. The summed E-state index contributed by atoms with van der Waals surface area (Å²) < 4.78 is 0. The molecule has 0 heterocycles. The molecule has 0 radical (unpaired) electrons. The number of halogens is 1. The van der Waals surface area contributed by atoms with Crippen molar-refractivity contribution in [1.82, 2.24) is 0 Å². The third-order valence-corrected chi connectivity index (χ3v) is 0.777. The maximum absolute atomic E-state index is 8.25. The van der Waals surface area contributed by atoms with Gasteiger partial charge in [0.25, 0.3) is 0 Å². The minimum absolute atomic E-state index is 0. The molecule has 0 rings (SSSR count). The van der Waals surface area contributed by atoms with Gasteiger partial charge in [-0.3, -0.25) is 4.99 Å². The van der Waals surface area contributed by atoms with Gasteiger partial charge in [0.05, 0.1) is 19.0 Å². The first-order chi connectivity index (χ1) is 3.81. The van der Waals surface area contributed by atoms with E-state index in [0.717, 1.165) is 6.42 Å². The summed E-state index contributed by atoms with van der Waals surface area (Å²) in [7, 11) is 0. The van der Waals surface area contributed by atoms with Gasteiger partial charge in [0.2, 0.25) is 0 Å². The molecule has 0 aliphatic heterocycles. The number of rotatable bonds is 3. The Hall–Kier alpha value is -0.280. The van der Waals surface area contributed by atoms with Crippen LogP contribution in [0.2, 0.25) is 0 Å². The van der Waals surface area contributed by atoms with Crippen molar-refractivity contribution in [3.05, 3.63) is 0 Å². The first-order valence-electron chi connectivity index (χ1n) is 2.71. The van der Waals surface area contributed by atoms with Crippen LogP contribution in [0.5, 0.6) is 0 Å². The summed E-state index contributed by atoms with van der Waals surface area (Å²) in [6, 6.07) is 0. The summed E-state index contributed by atoms with van der Waals surface area (Å²) in [5, 5.41) is 8.25. The van der Waals surface area contributed by atoms with E-state index in [1.54, 1.807) is 0 Å². The fourth-order valence-electron chi connectivity index (χ4n) is 0.305.